The number of nitrogens with zero attached hydrogens (tertiary/aromatic N) is 2. The minimum absolute atomic E-state index is 0. The Morgan fingerprint density at radius 1 is 0.516 bits per heavy atom. The molecule has 2 aromatic carbocycles. The van der Waals surface area contributed by atoms with Crippen molar-refractivity contribution in [2.24, 2.45) is 0 Å². The van der Waals surface area contributed by atoms with Crippen LogP contribution < -0.4 is 20.4 Å². The van der Waals surface area contributed by atoms with E-state index in [4.69, 9.17) is 0 Å². The summed E-state index contributed by atoms with van der Waals surface area (Å²) in [6.07, 6.45) is 0. The Morgan fingerprint density at radius 3 is 0.839 bits per heavy atom. The molecule has 2 rings (SSSR count). The van der Waals surface area contributed by atoms with Gasteiger partial charge < -0.3 is 39.6 Å². The number of carboxylic acids is 4. The minimum Gasteiger partial charge on any atom is -0.545 e. The number of carboxylic acid groups (broad SMARTS) is 4. The van der Waals surface area contributed by atoms with Crippen LogP contribution in [0.1, 0.15) is 41.4 Å². The molecule has 0 saturated carbocycles. The van der Waals surface area contributed by atoms with Crippen LogP contribution in [-0.2, 0) is 0 Å². The average Bonchev–Trinajstić information content (AvgIpc) is 2.67. The smallest absolute Gasteiger partial charge is 0.545 e. The van der Waals surface area contributed by atoms with E-state index >= 15 is 0 Å². The van der Waals surface area contributed by atoms with E-state index in [0.29, 0.717) is 24.3 Å². The molecule has 0 aliphatic carbocycles. The fourth-order valence-corrected chi connectivity index (χ4v) is 1.90. The predicted molar refractivity (Wildman–Crippen MR) is 89.3 cm³/mol. The number of carbonyl (C=O) groups is 4. The maximum atomic E-state index is 10.4. The van der Waals surface area contributed by atoms with Crippen LogP contribution in [0.15, 0.2) is 36.4 Å². The van der Waals surface area contributed by atoms with Crippen LogP contribution in [0.5, 0.6) is 0 Å². The molecular formula is C16H6N2O12Pb. The number of nitro benzene ring substituents is 2. The van der Waals surface area contributed by atoms with E-state index in [0.717, 1.165) is 12.1 Å². The van der Waals surface area contributed by atoms with Crippen molar-refractivity contribution in [1.82, 2.24) is 0 Å². The van der Waals surface area contributed by atoms with E-state index in [-0.39, 0.29) is 27.3 Å². The summed E-state index contributed by atoms with van der Waals surface area (Å²) in [5, 5.41) is 62.3. The summed E-state index contributed by atoms with van der Waals surface area (Å²) in [4.78, 5) is 60.5. The van der Waals surface area contributed by atoms with Gasteiger partial charge in [0.1, 0.15) is 0 Å². The molecule has 0 aliphatic rings. The molecule has 14 nitrogen and oxygen atoms in total. The van der Waals surface area contributed by atoms with Crippen LogP contribution in [0.25, 0.3) is 0 Å². The number of benzene rings is 2. The van der Waals surface area contributed by atoms with Crippen molar-refractivity contribution in [2.45, 2.75) is 0 Å². The Kier molecular flexibility index (Phi) is 9.84. The number of aromatic carboxylic acids is 4. The van der Waals surface area contributed by atoms with Crippen molar-refractivity contribution < 1.29 is 49.5 Å². The third-order valence-corrected chi connectivity index (χ3v) is 3.20. The maximum Gasteiger partial charge on any atom is 4.00 e. The second-order valence-electron chi connectivity index (χ2n) is 5.20. The Labute approximate surface area is 190 Å². The summed E-state index contributed by atoms with van der Waals surface area (Å²) in [6.45, 7) is 0. The fourth-order valence-electron chi connectivity index (χ4n) is 1.90. The minimum atomic E-state index is -1.69. The van der Waals surface area contributed by atoms with Gasteiger partial charge in [-0.25, -0.2) is 0 Å². The topological polar surface area (TPSA) is 247 Å². The fraction of sp³-hybridized carbons (Fsp3) is 0. The normalized spacial score (nSPS) is 9.29. The molecule has 0 heterocycles. The monoisotopic (exact) mass is 626 g/mol. The van der Waals surface area contributed by atoms with Gasteiger partial charge >= 0.3 is 27.3 Å². The van der Waals surface area contributed by atoms with Crippen LogP contribution in [0.3, 0.4) is 0 Å². The summed E-state index contributed by atoms with van der Waals surface area (Å²) >= 11 is 0. The first-order valence-corrected chi connectivity index (χ1v) is 7.27. The quantitative estimate of drug-likeness (QED) is 0.171. The largest absolute Gasteiger partial charge is 4.00 e. The molecule has 0 atom stereocenters. The van der Waals surface area contributed by atoms with Gasteiger partial charge in [-0.2, -0.15) is 0 Å². The standard InChI is InChI=1S/2C8H5NO6.Pb/c2*10-7(11)4-1-5(8(12)13)3-6(2-4)9(14)15;/h2*1-3H,(H,10,11)(H,12,13);/q;;+4/p-4. The first kappa shape index (κ1) is 27.0. The van der Waals surface area contributed by atoms with Crippen LogP contribution in [0, 0.1) is 20.2 Å². The predicted octanol–water partition coefficient (Wildman–Crippen LogP) is -3.74. The Bertz CT molecular complexity index is 839. The van der Waals surface area contributed by atoms with E-state index in [1.54, 1.807) is 0 Å². The number of carbonyl (C=O) groups excluding carboxylic acids is 4. The molecule has 0 bridgehead atoms. The summed E-state index contributed by atoms with van der Waals surface area (Å²) in [7, 11) is 0. The molecule has 0 aromatic heterocycles. The molecule has 0 spiro atoms. The van der Waals surface area contributed by atoms with E-state index in [2.05, 4.69) is 0 Å². The second kappa shape index (κ2) is 11.3. The van der Waals surface area contributed by atoms with Crippen molar-refractivity contribution in [1.29, 1.82) is 0 Å². The molecule has 15 heteroatoms. The Balaban J connectivity index is 0.000000562. The van der Waals surface area contributed by atoms with Crippen molar-refractivity contribution >= 4 is 62.6 Å². The number of hydrogen-bond acceptors (Lipinski definition) is 12. The van der Waals surface area contributed by atoms with Gasteiger partial charge in [-0.05, 0) is 12.1 Å². The van der Waals surface area contributed by atoms with Gasteiger partial charge in [0.2, 0.25) is 0 Å². The maximum absolute atomic E-state index is 10.4. The summed E-state index contributed by atoms with van der Waals surface area (Å²) in [6, 6.07) is 4.31. The third kappa shape index (κ3) is 7.76. The molecule has 0 radical (unpaired) electrons. The van der Waals surface area contributed by atoms with Gasteiger partial charge in [-0.1, -0.05) is 0 Å². The van der Waals surface area contributed by atoms with Crippen LogP contribution in [0.2, 0.25) is 0 Å². The second-order valence-corrected chi connectivity index (χ2v) is 5.20. The van der Waals surface area contributed by atoms with Gasteiger partial charge in [0.05, 0.1) is 33.7 Å². The van der Waals surface area contributed by atoms with Crippen molar-refractivity contribution in [3.63, 3.8) is 0 Å². The van der Waals surface area contributed by atoms with Crippen LogP contribution >= 0.6 is 0 Å². The molecule has 0 fully saturated rings. The van der Waals surface area contributed by atoms with Crippen molar-refractivity contribution in [3.05, 3.63) is 78.9 Å². The first-order valence-electron chi connectivity index (χ1n) is 7.27. The van der Waals surface area contributed by atoms with Crippen molar-refractivity contribution in [2.75, 3.05) is 0 Å². The van der Waals surface area contributed by atoms with Gasteiger partial charge in [-0.3, -0.25) is 20.2 Å². The van der Waals surface area contributed by atoms with E-state index in [1.165, 1.54) is 0 Å². The van der Waals surface area contributed by atoms with Gasteiger partial charge in [-0.15, -0.1) is 0 Å². The van der Waals surface area contributed by atoms with Crippen LogP contribution in [0.4, 0.5) is 11.4 Å². The van der Waals surface area contributed by atoms with Gasteiger partial charge in [0.25, 0.3) is 11.4 Å². The molecule has 31 heavy (non-hydrogen) atoms. The van der Waals surface area contributed by atoms with E-state index in [1.807, 2.05) is 0 Å². The zero-order valence-corrected chi connectivity index (χ0v) is 18.6. The van der Waals surface area contributed by atoms with Crippen molar-refractivity contribution in [3.8, 4) is 0 Å². The Morgan fingerprint density at radius 2 is 0.710 bits per heavy atom. The molecule has 0 aliphatic heterocycles. The SMILES string of the molecule is O=C([O-])c1cc(C(=O)[O-])cc([N+](=O)[O-])c1.O=C([O-])c1cc(C(=O)[O-])cc([N+](=O)[O-])c1.[Pb+4]. The molecule has 156 valence electrons. The van der Waals surface area contributed by atoms with Crippen LogP contribution in [-0.4, -0.2) is 61.0 Å². The molecular weight excluding hydrogens is 619 g/mol. The summed E-state index contributed by atoms with van der Waals surface area (Å²) in [5.41, 5.74) is -3.61. The molecule has 0 unspecified atom stereocenters. The number of hydrogen-bond donors (Lipinski definition) is 0. The zero-order valence-electron chi connectivity index (χ0n) is 14.8. The number of non-ortho nitro benzene ring substituents is 2. The number of nitro groups is 2. The average molecular weight is 625 g/mol. The first-order chi connectivity index (χ1) is 13.8. The summed E-state index contributed by atoms with van der Waals surface area (Å²) < 4.78 is 0. The van der Waals surface area contributed by atoms with E-state index < -0.39 is 67.4 Å². The third-order valence-electron chi connectivity index (χ3n) is 3.20. The molecule has 0 saturated heterocycles. The zero-order chi connectivity index (χ0) is 23.2. The molecule has 2 aromatic rings. The van der Waals surface area contributed by atoms with E-state index in [9.17, 15) is 59.8 Å². The van der Waals surface area contributed by atoms with Gasteiger partial charge in [0.15, 0.2) is 0 Å². The van der Waals surface area contributed by atoms with Gasteiger partial charge in [0, 0.05) is 46.5 Å². The number of rotatable bonds is 6. The summed E-state index contributed by atoms with van der Waals surface area (Å²) in [5.74, 6) is -6.77. The Hall–Kier alpha value is -3.96. The molecule has 0 amide bonds. The molecule has 0 N–H and O–H groups in total.